The van der Waals surface area contributed by atoms with Crippen molar-refractivity contribution in [3.05, 3.63) is 39.7 Å². The van der Waals surface area contributed by atoms with Crippen molar-refractivity contribution < 1.29 is 14.3 Å². The van der Waals surface area contributed by atoms with E-state index in [0.29, 0.717) is 22.9 Å². The van der Waals surface area contributed by atoms with Crippen molar-refractivity contribution in [3.63, 3.8) is 0 Å². The van der Waals surface area contributed by atoms with Crippen LogP contribution in [-0.2, 0) is 4.79 Å². The SMILES string of the molecule is COc1ccc([C@@H]2SCC(=O)Nc3c2c(=O)[nH]n3C2CCCC2)c(OC)c1. The molecule has 1 aliphatic heterocycles. The summed E-state index contributed by atoms with van der Waals surface area (Å²) >= 11 is 1.43. The van der Waals surface area contributed by atoms with Gasteiger partial charge in [-0.25, -0.2) is 0 Å². The molecule has 0 spiro atoms. The second-order valence-corrected chi connectivity index (χ2v) is 7.95. The third-order valence-corrected chi connectivity index (χ3v) is 6.53. The lowest BCUT2D eigenvalue weighted by molar-refractivity contribution is -0.113. The van der Waals surface area contributed by atoms with Crippen molar-refractivity contribution in [2.24, 2.45) is 0 Å². The summed E-state index contributed by atoms with van der Waals surface area (Å²) in [6.07, 6.45) is 4.29. The summed E-state index contributed by atoms with van der Waals surface area (Å²) < 4.78 is 12.7. The Morgan fingerprint density at radius 1 is 1.15 bits per heavy atom. The molecule has 0 radical (unpaired) electrons. The Morgan fingerprint density at radius 2 is 1.93 bits per heavy atom. The summed E-state index contributed by atoms with van der Waals surface area (Å²) in [5.74, 6) is 2.10. The van der Waals surface area contributed by atoms with Gasteiger partial charge >= 0.3 is 0 Å². The molecule has 2 aromatic rings. The minimum atomic E-state index is -0.300. The van der Waals surface area contributed by atoms with Crippen LogP contribution in [0.25, 0.3) is 0 Å². The van der Waals surface area contributed by atoms with Crippen LogP contribution in [0.15, 0.2) is 23.0 Å². The lowest BCUT2D eigenvalue weighted by Gasteiger charge is -2.18. The van der Waals surface area contributed by atoms with Crippen LogP contribution in [0.5, 0.6) is 11.5 Å². The maximum Gasteiger partial charge on any atom is 0.270 e. The van der Waals surface area contributed by atoms with E-state index >= 15 is 0 Å². The third kappa shape index (κ3) is 3.22. The molecule has 27 heavy (non-hydrogen) atoms. The van der Waals surface area contributed by atoms with Crippen LogP contribution in [-0.4, -0.2) is 35.7 Å². The number of carbonyl (C=O) groups is 1. The number of methoxy groups -OCH3 is 2. The Kier molecular flexibility index (Phi) is 4.90. The summed E-state index contributed by atoms with van der Waals surface area (Å²) in [5, 5.41) is 5.63. The average Bonchev–Trinajstić information content (AvgIpc) is 3.27. The monoisotopic (exact) mass is 389 g/mol. The van der Waals surface area contributed by atoms with Crippen LogP contribution in [0.1, 0.15) is 48.1 Å². The van der Waals surface area contributed by atoms with E-state index < -0.39 is 0 Å². The molecule has 0 saturated heterocycles. The van der Waals surface area contributed by atoms with E-state index in [2.05, 4.69) is 10.4 Å². The van der Waals surface area contributed by atoms with E-state index in [4.69, 9.17) is 9.47 Å². The Morgan fingerprint density at radius 3 is 2.63 bits per heavy atom. The second-order valence-electron chi connectivity index (χ2n) is 6.86. The minimum Gasteiger partial charge on any atom is -0.497 e. The highest BCUT2D eigenvalue weighted by Crippen LogP contribution is 2.45. The van der Waals surface area contributed by atoms with E-state index in [1.165, 1.54) is 11.8 Å². The number of fused-ring (bicyclic) bond motifs is 1. The van der Waals surface area contributed by atoms with E-state index in [9.17, 15) is 9.59 Å². The number of benzene rings is 1. The van der Waals surface area contributed by atoms with Gasteiger partial charge in [-0.05, 0) is 18.9 Å². The van der Waals surface area contributed by atoms with E-state index in [1.807, 2.05) is 16.8 Å². The largest absolute Gasteiger partial charge is 0.497 e. The normalized spacial score (nSPS) is 20.1. The molecule has 1 aromatic carbocycles. The predicted molar refractivity (Wildman–Crippen MR) is 105 cm³/mol. The number of aromatic nitrogens is 2. The number of ether oxygens (including phenoxy) is 2. The molecule has 0 unspecified atom stereocenters. The van der Waals surface area contributed by atoms with Gasteiger partial charge in [0.25, 0.3) is 5.56 Å². The fourth-order valence-electron chi connectivity index (χ4n) is 3.96. The fourth-order valence-corrected chi connectivity index (χ4v) is 5.11. The molecular weight excluding hydrogens is 366 g/mol. The summed E-state index contributed by atoms with van der Waals surface area (Å²) in [5.41, 5.74) is 1.28. The zero-order valence-corrected chi connectivity index (χ0v) is 16.2. The zero-order chi connectivity index (χ0) is 19.0. The average molecular weight is 389 g/mol. The van der Waals surface area contributed by atoms with Crippen molar-refractivity contribution in [1.29, 1.82) is 0 Å². The first-order valence-electron chi connectivity index (χ1n) is 9.10. The number of H-pyrrole nitrogens is 1. The molecule has 7 nitrogen and oxygen atoms in total. The maximum atomic E-state index is 12.9. The van der Waals surface area contributed by atoms with Gasteiger partial charge in [0.15, 0.2) is 0 Å². The first-order chi connectivity index (χ1) is 13.1. The Balaban J connectivity index is 1.85. The molecule has 2 N–H and O–H groups in total. The molecular formula is C19H23N3O4S. The number of carbonyl (C=O) groups excluding carboxylic acids is 1. The number of nitrogens with one attached hydrogen (secondary N) is 2. The summed E-state index contributed by atoms with van der Waals surface area (Å²) in [6.45, 7) is 0. The molecule has 1 aromatic heterocycles. The molecule has 1 amide bonds. The molecule has 1 aliphatic carbocycles. The second kappa shape index (κ2) is 7.34. The number of rotatable bonds is 4. The molecule has 2 aliphatic rings. The fraction of sp³-hybridized carbons (Fsp3) is 0.474. The van der Waals surface area contributed by atoms with Crippen LogP contribution in [0.3, 0.4) is 0 Å². The number of anilines is 1. The van der Waals surface area contributed by atoms with Crippen molar-refractivity contribution in [2.45, 2.75) is 37.0 Å². The predicted octanol–water partition coefficient (Wildman–Crippen LogP) is 3.08. The molecule has 1 saturated carbocycles. The van der Waals surface area contributed by atoms with Crippen LogP contribution < -0.4 is 20.3 Å². The number of hydrogen-bond donors (Lipinski definition) is 2. The van der Waals surface area contributed by atoms with Crippen LogP contribution in [0, 0.1) is 0 Å². The lowest BCUT2D eigenvalue weighted by Crippen LogP contribution is -2.18. The maximum absolute atomic E-state index is 12.9. The van der Waals surface area contributed by atoms with Gasteiger partial charge in [0, 0.05) is 11.6 Å². The number of aromatic amines is 1. The highest BCUT2D eigenvalue weighted by Gasteiger charge is 2.34. The molecule has 2 heterocycles. The lowest BCUT2D eigenvalue weighted by atomic mass is 10.0. The van der Waals surface area contributed by atoms with E-state index in [1.54, 1.807) is 20.3 Å². The van der Waals surface area contributed by atoms with Gasteiger partial charge in [-0.2, -0.15) is 0 Å². The molecule has 144 valence electrons. The van der Waals surface area contributed by atoms with Gasteiger partial charge in [-0.3, -0.25) is 19.4 Å². The van der Waals surface area contributed by atoms with Crippen molar-refractivity contribution in [1.82, 2.24) is 9.78 Å². The first kappa shape index (κ1) is 18.0. The van der Waals surface area contributed by atoms with Gasteiger partial charge in [-0.15, -0.1) is 11.8 Å². The topological polar surface area (TPSA) is 85.4 Å². The first-order valence-corrected chi connectivity index (χ1v) is 10.1. The van der Waals surface area contributed by atoms with Crippen LogP contribution in [0.4, 0.5) is 5.82 Å². The number of nitrogens with zero attached hydrogens (tertiary/aromatic N) is 1. The number of hydrogen-bond acceptors (Lipinski definition) is 5. The van der Waals surface area contributed by atoms with Gasteiger partial charge < -0.3 is 14.8 Å². The Bertz CT molecular complexity index is 914. The smallest absolute Gasteiger partial charge is 0.270 e. The quantitative estimate of drug-likeness (QED) is 0.839. The summed E-state index contributed by atoms with van der Waals surface area (Å²) in [4.78, 5) is 25.2. The minimum absolute atomic E-state index is 0.0954. The van der Waals surface area contributed by atoms with Crippen molar-refractivity contribution >= 4 is 23.5 Å². The number of thioether (sulfide) groups is 1. The van der Waals surface area contributed by atoms with Crippen LogP contribution in [0.2, 0.25) is 0 Å². The molecule has 4 rings (SSSR count). The molecule has 1 fully saturated rings. The highest BCUT2D eigenvalue weighted by atomic mass is 32.2. The summed E-state index contributed by atoms with van der Waals surface area (Å²) in [7, 11) is 3.19. The van der Waals surface area contributed by atoms with Gasteiger partial charge in [0.2, 0.25) is 5.91 Å². The van der Waals surface area contributed by atoms with Gasteiger partial charge in [0.05, 0.1) is 36.8 Å². The van der Waals surface area contributed by atoms with Gasteiger partial charge in [0.1, 0.15) is 17.3 Å². The number of amides is 1. The summed E-state index contributed by atoms with van der Waals surface area (Å²) in [6, 6.07) is 5.78. The van der Waals surface area contributed by atoms with Gasteiger partial charge in [-0.1, -0.05) is 18.9 Å². The standard InChI is InChI=1S/C19H23N3O4S/c1-25-12-7-8-13(14(9-12)26-2)17-16-18(20-15(23)10-27-17)22(21-19(16)24)11-5-3-4-6-11/h7-9,11,17H,3-6,10H2,1-2H3,(H,20,23)(H,21,24)/t17-/m0/s1. The highest BCUT2D eigenvalue weighted by molar-refractivity contribution is 8.00. The Hall–Kier alpha value is -2.35. The van der Waals surface area contributed by atoms with Crippen molar-refractivity contribution in [3.8, 4) is 11.5 Å². The van der Waals surface area contributed by atoms with Crippen molar-refractivity contribution in [2.75, 3.05) is 25.3 Å². The Labute approximate surface area is 161 Å². The molecule has 0 bridgehead atoms. The van der Waals surface area contributed by atoms with E-state index in [0.717, 1.165) is 31.2 Å². The van der Waals surface area contributed by atoms with E-state index in [-0.39, 0.29) is 28.5 Å². The molecule has 8 heteroatoms. The third-order valence-electron chi connectivity index (χ3n) is 5.28. The van der Waals surface area contributed by atoms with Crippen LogP contribution >= 0.6 is 11.8 Å². The molecule has 1 atom stereocenters. The zero-order valence-electron chi connectivity index (χ0n) is 15.4.